The minimum atomic E-state index is -0.0569. The second-order valence-corrected chi connectivity index (χ2v) is 4.66. The standard InChI is InChI=1S/C16H15ClO2/c1-2-12-4-3-5-15(10-12)19-11-16(18)13-6-8-14(17)9-7-13/h3-10H,2,11H2,1H3. The molecule has 98 valence electrons. The minimum Gasteiger partial charge on any atom is -0.485 e. The van der Waals surface area contributed by atoms with Crippen molar-refractivity contribution in [3.8, 4) is 5.75 Å². The van der Waals surface area contributed by atoms with Gasteiger partial charge >= 0.3 is 0 Å². The van der Waals surface area contributed by atoms with Crippen LogP contribution in [0.3, 0.4) is 0 Å². The first-order valence-electron chi connectivity index (χ1n) is 6.19. The molecule has 2 aromatic carbocycles. The number of carbonyl (C=O) groups is 1. The maximum Gasteiger partial charge on any atom is 0.200 e. The summed E-state index contributed by atoms with van der Waals surface area (Å²) in [4.78, 5) is 11.9. The van der Waals surface area contributed by atoms with Crippen molar-refractivity contribution >= 4 is 17.4 Å². The molecule has 2 rings (SSSR count). The van der Waals surface area contributed by atoms with Crippen molar-refractivity contribution in [2.45, 2.75) is 13.3 Å². The Morgan fingerprint density at radius 2 is 1.89 bits per heavy atom. The summed E-state index contributed by atoms with van der Waals surface area (Å²) >= 11 is 5.78. The number of halogens is 1. The highest BCUT2D eigenvalue weighted by atomic mass is 35.5. The van der Waals surface area contributed by atoms with Crippen LogP contribution in [-0.4, -0.2) is 12.4 Å². The van der Waals surface area contributed by atoms with Gasteiger partial charge in [0, 0.05) is 10.6 Å². The third-order valence-corrected chi connectivity index (χ3v) is 3.09. The predicted octanol–water partition coefficient (Wildman–Crippen LogP) is 4.16. The van der Waals surface area contributed by atoms with E-state index in [-0.39, 0.29) is 12.4 Å². The number of ketones is 1. The van der Waals surface area contributed by atoms with Gasteiger partial charge in [0.2, 0.25) is 0 Å². The van der Waals surface area contributed by atoms with Crippen LogP contribution in [0.5, 0.6) is 5.75 Å². The fraction of sp³-hybridized carbons (Fsp3) is 0.188. The maximum atomic E-state index is 11.9. The lowest BCUT2D eigenvalue weighted by molar-refractivity contribution is 0.0921. The molecule has 0 amide bonds. The summed E-state index contributed by atoms with van der Waals surface area (Å²) in [5.74, 6) is 0.667. The molecule has 19 heavy (non-hydrogen) atoms. The van der Waals surface area contributed by atoms with E-state index in [1.54, 1.807) is 24.3 Å². The first-order chi connectivity index (χ1) is 9.19. The van der Waals surface area contributed by atoms with E-state index in [4.69, 9.17) is 16.3 Å². The van der Waals surface area contributed by atoms with Crippen molar-refractivity contribution in [1.82, 2.24) is 0 Å². The number of hydrogen-bond donors (Lipinski definition) is 0. The van der Waals surface area contributed by atoms with Crippen molar-refractivity contribution in [1.29, 1.82) is 0 Å². The van der Waals surface area contributed by atoms with Crippen LogP contribution < -0.4 is 4.74 Å². The van der Waals surface area contributed by atoms with Crippen molar-refractivity contribution < 1.29 is 9.53 Å². The number of hydrogen-bond acceptors (Lipinski definition) is 2. The summed E-state index contributed by atoms with van der Waals surface area (Å²) in [6, 6.07) is 14.6. The van der Waals surface area contributed by atoms with E-state index in [1.807, 2.05) is 24.3 Å². The fourth-order valence-corrected chi connectivity index (χ4v) is 1.85. The number of ether oxygens (including phenoxy) is 1. The number of benzene rings is 2. The van der Waals surface area contributed by atoms with Gasteiger partial charge in [0.25, 0.3) is 0 Å². The lowest BCUT2D eigenvalue weighted by atomic mass is 10.1. The molecule has 0 bridgehead atoms. The highest BCUT2D eigenvalue weighted by Gasteiger charge is 2.06. The summed E-state index contributed by atoms with van der Waals surface area (Å²) in [6.07, 6.45) is 0.947. The molecule has 0 saturated carbocycles. The van der Waals surface area contributed by atoms with Gasteiger partial charge in [-0.15, -0.1) is 0 Å². The zero-order valence-corrected chi connectivity index (χ0v) is 11.5. The molecule has 2 aromatic rings. The summed E-state index contributed by atoms with van der Waals surface area (Å²) in [5.41, 5.74) is 1.80. The summed E-state index contributed by atoms with van der Waals surface area (Å²) in [6.45, 7) is 2.12. The van der Waals surface area contributed by atoms with Gasteiger partial charge in [-0.05, 0) is 48.4 Å². The van der Waals surface area contributed by atoms with E-state index in [9.17, 15) is 4.79 Å². The van der Waals surface area contributed by atoms with Crippen LogP contribution in [0.4, 0.5) is 0 Å². The molecule has 0 aliphatic carbocycles. The van der Waals surface area contributed by atoms with Crippen LogP contribution in [0.25, 0.3) is 0 Å². The molecule has 0 aromatic heterocycles. The Hall–Kier alpha value is -1.80. The lowest BCUT2D eigenvalue weighted by Crippen LogP contribution is -2.11. The SMILES string of the molecule is CCc1cccc(OCC(=O)c2ccc(Cl)cc2)c1. The van der Waals surface area contributed by atoms with E-state index in [0.29, 0.717) is 10.6 Å². The molecular weight excluding hydrogens is 260 g/mol. The minimum absolute atomic E-state index is 0.0365. The number of aryl methyl sites for hydroxylation is 1. The van der Waals surface area contributed by atoms with E-state index in [2.05, 4.69) is 6.92 Å². The van der Waals surface area contributed by atoms with Crippen LogP contribution in [-0.2, 0) is 6.42 Å². The Morgan fingerprint density at radius 3 is 2.58 bits per heavy atom. The summed E-state index contributed by atoms with van der Waals surface area (Å²) in [5, 5.41) is 0.619. The van der Waals surface area contributed by atoms with Crippen LogP contribution in [0, 0.1) is 0 Å². The molecule has 0 unspecified atom stereocenters. The average Bonchev–Trinajstić information content (AvgIpc) is 2.46. The maximum absolute atomic E-state index is 11.9. The molecule has 0 aliphatic heterocycles. The first-order valence-corrected chi connectivity index (χ1v) is 6.57. The lowest BCUT2D eigenvalue weighted by Gasteiger charge is -2.07. The fourth-order valence-electron chi connectivity index (χ4n) is 1.72. The normalized spacial score (nSPS) is 10.2. The molecule has 0 saturated heterocycles. The molecule has 3 heteroatoms. The van der Waals surface area contributed by atoms with Crippen LogP contribution in [0.15, 0.2) is 48.5 Å². The summed E-state index contributed by atoms with van der Waals surface area (Å²) < 4.78 is 5.51. The van der Waals surface area contributed by atoms with E-state index in [0.717, 1.165) is 12.2 Å². The molecule has 2 nitrogen and oxygen atoms in total. The molecule has 0 N–H and O–H groups in total. The van der Waals surface area contributed by atoms with Gasteiger partial charge in [0.05, 0.1) is 0 Å². The number of Topliss-reactive ketones (excluding diaryl/α,β-unsaturated/α-hetero) is 1. The van der Waals surface area contributed by atoms with Crippen LogP contribution >= 0.6 is 11.6 Å². The first kappa shape index (κ1) is 13.6. The Bertz CT molecular complexity index is 561. The van der Waals surface area contributed by atoms with E-state index < -0.39 is 0 Å². The molecule has 0 heterocycles. The smallest absolute Gasteiger partial charge is 0.200 e. The zero-order chi connectivity index (χ0) is 13.7. The van der Waals surface area contributed by atoms with Crippen molar-refractivity contribution in [2.75, 3.05) is 6.61 Å². The van der Waals surface area contributed by atoms with Crippen LogP contribution in [0.2, 0.25) is 5.02 Å². The number of carbonyl (C=O) groups excluding carboxylic acids is 1. The van der Waals surface area contributed by atoms with Gasteiger partial charge in [-0.1, -0.05) is 30.7 Å². The second-order valence-electron chi connectivity index (χ2n) is 4.22. The molecule has 0 radical (unpaired) electrons. The van der Waals surface area contributed by atoms with Crippen molar-refractivity contribution in [3.05, 3.63) is 64.7 Å². The average molecular weight is 275 g/mol. The molecule has 0 aliphatic rings. The molecule has 0 spiro atoms. The predicted molar refractivity (Wildman–Crippen MR) is 77.1 cm³/mol. The topological polar surface area (TPSA) is 26.3 Å². The van der Waals surface area contributed by atoms with Crippen molar-refractivity contribution in [3.63, 3.8) is 0 Å². The van der Waals surface area contributed by atoms with Gasteiger partial charge in [0.1, 0.15) is 5.75 Å². The third-order valence-electron chi connectivity index (χ3n) is 2.84. The highest BCUT2D eigenvalue weighted by molar-refractivity contribution is 6.30. The second kappa shape index (κ2) is 6.39. The van der Waals surface area contributed by atoms with E-state index >= 15 is 0 Å². The largest absolute Gasteiger partial charge is 0.485 e. The Kier molecular flexibility index (Phi) is 4.58. The highest BCUT2D eigenvalue weighted by Crippen LogP contribution is 2.15. The Balaban J connectivity index is 1.98. The van der Waals surface area contributed by atoms with Crippen molar-refractivity contribution in [2.24, 2.45) is 0 Å². The van der Waals surface area contributed by atoms with Gasteiger partial charge in [-0.3, -0.25) is 4.79 Å². The molecule has 0 fully saturated rings. The Labute approximate surface area is 118 Å². The summed E-state index contributed by atoms with van der Waals surface area (Å²) in [7, 11) is 0. The van der Waals surface area contributed by atoms with Crippen LogP contribution in [0.1, 0.15) is 22.8 Å². The zero-order valence-electron chi connectivity index (χ0n) is 10.7. The Morgan fingerprint density at radius 1 is 1.16 bits per heavy atom. The third kappa shape index (κ3) is 3.83. The quantitative estimate of drug-likeness (QED) is 0.765. The van der Waals surface area contributed by atoms with Gasteiger partial charge < -0.3 is 4.74 Å². The van der Waals surface area contributed by atoms with Gasteiger partial charge in [0.15, 0.2) is 12.4 Å². The molecule has 0 atom stereocenters. The van der Waals surface area contributed by atoms with Gasteiger partial charge in [-0.25, -0.2) is 0 Å². The van der Waals surface area contributed by atoms with E-state index in [1.165, 1.54) is 5.56 Å². The number of rotatable bonds is 5. The monoisotopic (exact) mass is 274 g/mol. The molecular formula is C16H15ClO2. The van der Waals surface area contributed by atoms with Gasteiger partial charge in [-0.2, -0.15) is 0 Å².